The molecule has 1 aliphatic rings. The predicted octanol–water partition coefficient (Wildman–Crippen LogP) is -0.0130. The fraction of sp³-hybridized carbons (Fsp3) is 0.385. The van der Waals surface area contributed by atoms with Crippen molar-refractivity contribution >= 4 is 12.3 Å². The lowest BCUT2D eigenvalue weighted by molar-refractivity contribution is -0.136. The summed E-state index contributed by atoms with van der Waals surface area (Å²) in [7, 11) is 0. The number of carbonyl (C=O) groups is 2. The van der Waals surface area contributed by atoms with E-state index in [0.717, 1.165) is 12.0 Å². The topological polar surface area (TPSA) is 66.6 Å². The van der Waals surface area contributed by atoms with Crippen LogP contribution in [-0.2, 0) is 9.59 Å². The van der Waals surface area contributed by atoms with Gasteiger partial charge in [-0.1, -0.05) is 30.3 Å². The Labute approximate surface area is 106 Å². The molecule has 0 aliphatic carbocycles. The van der Waals surface area contributed by atoms with Crippen molar-refractivity contribution in [3.63, 3.8) is 0 Å². The first-order chi connectivity index (χ1) is 8.72. The molecule has 0 unspecified atom stereocenters. The highest BCUT2D eigenvalue weighted by Crippen LogP contribution is 2.14. The van der Waals surface area contributed by atoms with E-state index >= 15 is 0 Å². The van der Waals surface area contributed by atoms with Crippen LogP contribution in [0.5, 0.6) is 0 Å². The number of nitrogens with two attached hydrogens (primary N) is 1. The van der Waals surface area contributed by atoms with Gasteiger partial charge in [-0.05, 0) is 5.56 Å². The molecule has 0 aromatic heterocycles. The van der Waals surface area contributed by atoms with Crippen LogP contribution in [0.1, 0.15) is 11.6 Å². The summed E-state index contributed by atoms with van der Waals surface area (Å²) in [6.45, 7) is 2.27. The zero-order valence-corrected chi connectivity index (χ0v) is 10.2. The first-order valence-corrected chi connectivity index (χ1v) is 6.01. The van der Waals surface area contributed by atoms with E-state index in [0.29, 0.717) is 26.2 Å². The first kappa shape index (κ1) is 12.6. The minimum absolute atomic E-state index is 0.0771. The third-order valence-corrected chi connectivity index (χ3v) is 3.20. The quantitative estimate of drug-likeness (QED) is 0.764. The number of benzene rings is 1. The molecule has 0 radical (unpaired) electrons. The summed E-state index contributed by atoms with van der Waals surface area (Å²) in [5.74, 6) is -0.0771. The van der Waals surface area contributed by atoms with Crippen LogP contribution in [0.4, 0.5) is 0 Å². The molecule has 1 aromatic carbocycles. The maximum absolute atomic E-state index is 12.2. The van der Waals surface area contributed by atoms with E-state index in [2.05, 4.69) is 0 Å². The number of hydrogen-bond donors (Lipinski definition) is 1. The summed E-state index contributed by atoms with van der Waals surface area (Å²) >= 11 is 0. The van der Waals surface area contributed by atoms with Gasteiger partial charge in [-0.15, -0.1) is 0 Å². The molecule has 0 bridgehead atoms. The maximum Gasteiger partial charge on any atom is 0.244 e. The van der Waals surface area contributed by atoms with Crippen LogP contribution < -0.4 is 5.73 Å². The lowest BCUT2D eigenvalue weighted by Gasteiger charge is -2.34. The highest BCUT2D eigenvalue weighted by Gasteiger charge is 2.25. The Balaban J connectivity index is 1.98. The third kappa shape index (κ3) is 2.68. The van der Waals surface area contributed by atoms with Crippen molar-refractivity contribution < 1.29 is 9.59 Å². The zero-order valence-electron chi connectivity index (χ0n) is 10.2. The van der Waals surface area contributed by atoms with E-state index in [1.165, 1.54) is 0 Å². The maximum atomic E-state index is 12.2. The van der Waals surface area contributed by atoms with Crippen LogP contribution in [0.25, 0.3) is 0 Å². The molecule has 2 amide bonds. The fourth-order valence-electron chi connectivity index (χ4n) is 2.05. The smallest absolute Gasteiger partial charge is 0.244 e. The van der Waals surface area contributed by atoms with Gasteiger partial charge in [0.1, 0.15) is 6.04 Å². The lowest BCUT2D eigenvalue weighted by Crippen LogP contribution is -2.50. The molecule has 1 saturated heterocycles. The van der Waals surface area contributed by atoms with Gasteiger partial charge in [-0.2, -0.15) is 0 Å². The van der Waals surface area contributed by atoms with E-state index in [1.807, 2.05) is 30.3 Å². The van der Waals surface area contributed by atoms with Crippen LogP contribution in [0.2, 0.25) is 0 Å². The molecule has 18 heavy (non-hydrogen) atoms. The Morgan fingerprint density at radius 1 is 1.17 bits per heavy atom. The van der Waals surface area contributed by atoms with Crippen molar-refractivity contribution in [1.82, 2.24) is 9.80 Å². The number of amides is 2. The van der Waals surface area contributed by atoms with Crippen LogP contribution in [0, 0.1) is 0 Å². The van der Waals surface area contributed by atoms with E-state index < -0.39 is 6.04 Å². The Morgan fingerprint density at radius 3 is 2.33 bits per heavy atom. The molecule has 1 heterocycles. The van der Waals surface area contributed by atoms with E-state index in [-0.39, 0.29) is 5.91 Å². The molecule has 1 atom stereocenters. The number of hydrogen-bond acceptors (Lipinski definition) is 3. The Morgan fingerprint density at radius 2 is 1.78 bits per heavy atom. The van der Waals surface area contributed by atoms with Crippen molar-refractivity contribution in [1.29, 1.82) is 0 Å². The van der Waals surface area contributed by atoms with Crippen LogP contribution >= 0.6 is 0 Å². The van der Waals surface area contributed by atoms with Gasteiger partial charge in [0.2, 0.25) is 12.3 Å². The average molecular weight is 247 g/mol. The minimum atomic E-state index is -0.617. The molecule has 5 nitrogen and oxygen atoms in total. The Kier molecular flexibility index (Phi) is 3.94. The fourth-order valence-corrected chi connectivity index (χ4v) is 2.05. The molecule has 5 heteroatoms. The standard InChI is InChI=1S/C13H17N3O2/c14-12(11-4-2-1-3-5-11)13(18)16-8-6-15(10-17)7-9-16/h1-5,10,12H,6-9,14H2/t12-/m0/s1. The van der Waals surface area contributed by atoms with Gasteiger partial charge in [-0.25, -0.2) is 0 Å². The molecule has 1 aromatic rings. The number of nitrogens with zero attached hydrogens (tertiary/aromatic N) is 2. The highest BCUT2D eigenvalue weighted by atomic mass is 16.2. The molecular formula is C13H17N3O2. The van der Waals surface area contributed by atoms with Crippen LogP contribution in [-0.4, -0.2) is 48.3 Å². The molecule has 2 rings (SSSR count). The summed E-state index contributed by atoms with van der Waals surface area (Å²) in [6, 6.07) is 8.71. The van der Waals surface area contributed by atoms with E-state index in [9.17, 15) is 9.59 Å². The van der Waals surface area contributed by atoms with Crippen molar-refractivity contribution in [2.24, 2.45) is 5.73 Å². The Hall–Kier alpha value is -1.88. The third-order valence-electron chi connectivity index (χ3n) is 3.20. The normalized spacial score (nSPS) is 17.4. The predicted molar refractivity (Wildman–Crippen MR) is 67.6 cm³/mol. The van der Waals surface area contributed by atoms with Crippen LogP contribution in [0.15, 0.2) is 30.3 Å². The largest absolute Gasteiger partial charge is 0.342 e. The van der Waals surface area contributed by atoms with Gasteiger partial charge < -0.3 is 15.5 Å². The molecule has 96 valence electrons. The highest BCUT2D eigenvalue weighted by molar-refractivity contribution is 5.83. The van der Waals surface area contributed by atoms with Crippen molar-refractivity contribution in [2.45, 2.75) is 6.04 Å². The summed E-state index contributed by atoms with van der Waals surface area (Å²) in [5, 5.41) is 0. The number of carbonyl (C=O) groups excluding carboxylic acids is 2. The van der Waals surface area contributed by atoms with Crippen molar-refractivity contribution in [3.8, 4) is 0 Å². The SMILES string of the molecule is N[C@H](C(=O)N1CCN(C=O)CC1)c1ccccc1. The molecule has 0 saturated carbocycles. The van der Waals surface area contributed by atoms with Crippen molar-refractivity contribution in [3.05, 3.63) is 35.9 Å². The van der Waals surface area contributed by atoms with Gasteiger partial charge in [0, 0.05) is 26.2 Å². The zero-order chi connectivity index (χ0) is 13.0. The van der Waals surface area contributed by atoms with E-state index in [1.54, 1.807) is 9.80 Å². The Bertz CT molecular complexity index is 414. The second-order valence-corrected chi connectivity index (χ2v) is 4.36. The average Bonchev–Trinajstić information content (AvgIpc) is 2.47. The van der Waals surface area contributed by atoms with Crippen molar-refractivity contribution in [2.75, 3.05) is 26.2 Å². The van der Waals surface area contributed by atoms with Crippen LogP contribution in [0.3, 0.4) is 0 Å². The lowest BCUT2D eigenvalue weighted by atomic mass is 10.1. The summed E-state index contributed by atoms with van der Waals surface area (Å²) in [5.41, 5.74) is 6.78. The summed E-state index contributed by atoms with van der Waals surface area (Å²) in [6.07, 6.45) is 0.818. The molecular weight excluding hydrogens is 230 g/mol. The van der Waals surface area contributed by atoms with Gasteiger partial charge in [0.05, 0.1) is 0 Å². The minimum Gasteiger partial charge on any atom is -0.342 e. The summed E-state index contributed by atoms with van der Waals surface area (Å²) < 4.78 is 0. The summed E-state index contributed by atoms with van der Waals surface area (Å²) in [4.78, 5) is 26.2. The van der Waals surface area contributed by atoms with Gasteiger partial charge in [0.15, 0.2) is 0 Å². The number of piperazine rings is 1. The molecule has 0 spiro atoms. The first-order valence-electron chi connectivity index (χ1n) is 6.01. The monoisotopic (exact) mass is 247 g/mol. The van der Waals surface area contributed by atoms with E-state index in [4.69, 9.17) is 5.73 Å². The molecule has 1 aliphatic heterocycles. The second-order valence-electron chi connectivity index (χ2n) is 4.36. The van der Waals surface area contributed by atoms with Gasteiger partial charge >= 0.3 is 0 Å². The van der Waals surface area contributed by atoms with Gasteiger partial charge in [0.25, 0.3) is 0 Å². The number of rotatable bonds is 3. The molecule has 1 fully saturated rings. The second kappa shape index (κ2) is 5.64. The molecule has 2 N–H and O–H groups in total. The van der Waals surface area contributed by atoms with Gasteiger partial charge in [-0.3, -0.25) is 9.59 Å².